The van der Waals surface area contributed by atoms with Gasteiger partial charge in [-0.05, 0) is 22.3 Å². The Labute approximate surface area is 184 Å². The zero-order chi connectivity index (χ0) is 22.2. The van der Waals surface area contributed by atoms with Gasteiger partial charge in [0.2, 0.25) is 0 Å². The van der Waals surface area contributed by atoms with Crippen LogP contribution >= 0.6 is 0 Å². The van der Waals surface area contributed by atoms with Crippen molar-refractivity contribution in [3.05, 3.63) is 144 Å². The predicted molar refractivity (Wildman–Crippen MR) is 125 cm³/mol. The minimum Gasteiger partial charge on any atom is -0.388 e. The first-order chi connectivity index (χ1) is 15.1. The van der Waals surface area contributed by atoms with Crippen LogP contribution in [-0.2, 0) is 15.9 Å². The number of aliphatic hydroxyl groups is 2. The number of rotatable bonds is 5. The van der Waals surface area contributed by atoms with Crippen LogP contribution in [-0.4, -0.2) is 24.4 Å². The van der Waals surface area contributed by atoms with Crippen molar-refractivity contribution in [3.8, 4) is 0 Å². The van der Waals surface area contributed by atoms with E-state index in [0.717, 1.165) is 0 Å². The normalized spacial score (nSPS) is 11.4. The maximum absolute atomic E-state index is 12.3. The SMILES string of the molecule is COC.OC(c1ccccc1)(c1ccccc1)C(O)(c1ccccc1)c1ccccc1. The molecule has 0 amide bonds. The molecule has 3 nitrogen and oxygen atoms in total. The Morgan fingerprint density at radius 3 is 0.742 bits per heavy atom. The third-order valence-corrected chi connectivity index (χ3v) is 5.29. The molecule has 0 heterocycles. The summed E-state index contributed by atoms with van der Waals surface area (Å²) in [7, 11) is 3.25. The van der Waals surface area contributed by atoms with Gasteiger partial charge >= 0.3 is 0 Å². The van der Waals surface area contributed by atoms with Gasteiger partial charge in [0, 0.05) is 14.2 Å². The summed E-state index contributed by atoms with van der Waals surface area (Å²) in [4.78, 5) is 0. The fourth-order valence-corrected chi connectivity index (χ4v) is 3.89. The Balaban J connectivity index is 0.000000858. The quantitative estimate of drug-likeness (QED) is 0.478. The molecule has 0 aliphatic rings. The van der Waals surface area contributed by atoms with Gasteiger partial charge in [0.15, 0.2) is 11.2 Å². The van der Waals surface area contributed by atoms with E-state index in [2.05, 4.69) is 4.74 Å². The molecule has 31 heavy (non-hydrogen) atoms. The van der Waals surface area contributed by atoms with E-state index in [-0.39, 0.29) is 0 Å². The molecule has 0 radical (unpaired) electrons. The molecule has 0 atom stereocenters. The van der Waals surface area contributed by atoms with Crippen molar-refractivity contribution in [3.63, 3.8) is 0 Å². The second-order valence-corrected chi connectivity index (χ2v) is 7.29. The Morgan fingerprint density at radius 2 is 0.581 bits per heavy atom. The Bertz CT molecular complexity index is 867. The topological polar surface area (TPSA) is 49.7 Å². The summed E-state index contributed by atoms with van der Waals surface area (Å²) < 4.78 is 4.25. The minimum absolute atomic E-state index is 0.622. The molecule has 4 aromatic rings. The van der Waals surface area contributed by atoms with E-state index < -0.39 is 11.2 Å². The molecule has 158 valence electrons. The van der Waals surface area contributed by atoms with E-state index in [0.29, 0.717) is 22.3 Å². The zero-order valence-corrected chi connectivity index (χ0v) is 17.8. The van der Waals surface area contributed by atoms with Crippen molar-refractivity contribution >= 4 is 0 Å². The van der Waals surface area contributed by atoms with Gasteiger partial charge < -0.3 is 14.9 Å². The molecule has 4 aromatic carbocycles. The highest BCUT2D eigenvalue weighted by Gasteiger charge is 2.54. The third-order valence-electron chi connectivity index (χ3n) is 5.29. The Morgan fingerprint density at radius 1 is 0.419 bits per heavy atom. The highest BCUT2D eigenvalue weighted by molar-refractivity contribution is 5.50. The number of methoxy groups -OCH3 is 1. The van der Waals surface area contributed by atoms with Crippen molar-refractivity contribution in [1.29, 1.82) is 0 Å². The molecule has 0 aliphatic carbocycles. The van der Waals surface area contributed by atoms with Crippen LogP contribution < -0.4 is 0 Å². The summed E-state index contributed by atoms with van der Waals surface area (Å²) in [5.74, 6) is 0. The summed E-state index contributed by atoms with van der Waals surface area (Å²) in [5, 5.41) is 24.7. The van der Waals surface area contributed by atoms with Gasteiger partial charge in [0.25, 0.3) is 0 Å². The average Bonchev–Trinajstić information content (AvgIpc) is 2.85. The standard InChI is InChI=1S/C26H22O2.C2H6O/c27-25(21-13-5-1-6-14-21,22-15-7-2-8-16-22)26(28,23-17-9-3-10-18-23)24-19-11-4-12-20-24;1-3-2/h1-20,27-28H;1-2H3. The minimum atomic E-state index is -1.70. The maximum atomic E-state index is 12.3. The summed E-state index contributed by atoms with van der Waals surface area (Å²) >= 11 is 0. The van der Waals surface area contributed by atoms with Gasteiger partial charge in [-0.2, -0.15) is 0 Å². The lowest BCUT2D eigenvalue weighted by molar-refractivity contribution is -0.113. The molecule has 0 saturated carbocycles. The van der Waals surface area contributed by atoms with E-state index in [1.165, 1.54) is 0 Å². The van der Waals surface area contributed by atoms with Crippen LogP contribution in [0.1, 0.15) is 22.3 Å². The summed E-state index contributed by atoms with van der Waals surface area (Å²) in [6.07, 6.45) is 0. The van der Waals surface area contributed by atoms with E-state index in [4.69, 9.17) is 0 Å². The van der Waals surface area contributed by atoms with Crippen LogP contribution in [0.4, 0.5) is 0 Å². The second-order valence-electron chi connectivity index (χ2n) is 7.29. The second kappa shape index (κ2) is 10.2. The molecular formula is C28H28O3. The Kier molecular flexibility index (Phi) is 7.37. The van der Waals surface area contributed by atoms with Gasteiger partial charge in [-0.3, -0.25) is 0 Å². The summed E-state index contributed by atoms with van der Waals surface area (Å²) in [6, 6.07) is 37.4. The molecule has 4 rings (SSSR count). The lowest BCUT2D eigenvalue weighted by atomic mass is 9.66. The van der Waals surface area contributed by atoms with Gasteiger partial charge in [-0.25, -0.2) is 0 Å². The highest BCUT2D eigenvalue weighted by atomic mass is 16.4. The highest BCUT2D eigenvalue weighted by Crippen LogP contribution is 2.49. The fourth-order valence-electron chi connectivity index (χ4n) is 3.89. The van der Waals surface area contributed by atoms with E-state index in [1.54, 1.807) is 14.2 Å². The van der Waals surface area contributed by atoms with Crippen molar-refractivity contribution in [2.45, 2.75) is 11.2 Å². The molecule has 2 N–H and O–H groups in total. The number of benzene rings is 4. The van der Waals surface area contributed by atoms with Crippen LogP contribution in [0.3, 0.4) is 0 Å². The van der Waals surface area contributed by atoms with Gasteiger partial charge in [0.05, 0.1) is 0 Å². The monoisotopic (exact) mass is 412 g/mol. The summed E-state index contributed by atoms with van der Waals surface area (Å²) in [6.45, 7) is 0. The predicted octanol–water partition coefficient (Wildman–Crippen LogP) is 5.12. The van der Waals surface area contributed by atoms with Gasteiger partial charge in [-0.1, -0.05) is 121 Å². The number of hydrogen-bond donors (Lipinski definition) is 2. The summed E-state index contributed by atoms with van der Waals surface area (Å²) in [5.41, 5.74) is -0.906. The first-order valence-corrected chi connectivity index (χ1v) is 10.2. The fraction of sp³-hybridized carbons (Fsp3) is 0.143. The molecule has 0 bridgehead atoms. The molecule has 0 unspecified atom stereocenters. The molecule has 0 aromatic heterocycles. The molecule has 0 saturated heterocycles. The Hall–Kier alpha value is -3.24. The third kappa shape index (κ3) is 4.30. The lowest BCUT2D eigenvalue weighted by Gasteiger charge is -2.45. The molecular weight excluding hydrogens is 384 g/mol. The van der Waals surface area contributed by atoms with Crippen molar-refractivity contribution < 1.29 is 14.9 Å². The van der Waals surface area contributed by atoms with E-state index >= 15 is 0 Å². The molecule has 0 aliphatic heterocycles. The molecule has 3 heteroatoms. The van der Waals surface area contributed by atoms with Crippen molar-refractivity contribution in [2.75, 3.05) is 14.2 Å². The van der Waals surface area contributed by atoms with Crippen molar-refractivity contribution in [2.24, 2.45) is 0 Å². The van der Waals surface area contributed by atoms with Gasteiger partial charge in [0.1, 0.15) is 0 Å². The van der Waals surface area contributed by atoms with Crippen LogP contribution in [0, 0.1) is 0 Å². The van der Waals surface area contributed by atoms with E-state index in [1.807, 2.05) is 121 Å². The lowest BCUT2D eigenvalue weighted by Crippen LogP contribution is -2.51. The first kappa shape index (κ1) is 22.4. The van der Waals surface area contributed by atoms with Crippen LogP contribution in [0.2, 0.25) is 0 Å². The van der Waals surface area contributed by atoms with Crippen LogP contribution in [0.15, 0.2) is 121 Å². The number of hydrogen-bond acceptors (Lipinski definition) is 3. The van der Waals surface area contributed by atoms with Crippen molar-refractivity contribution in [1.82, 2.24) is 0 Å². The molecule has 0 fully saturated rings. The van der Waals surface area contributed by atoms with Crippen LogP contribution in [0.5, 0.6) is 0 Å². The first-order valence-electron chi connectivity index (χ1n) is 10.2. The van der Waals surface area contributed by atoms with Crippen LogP contribution in [0.25, 0.3) is 0 Å². The van der Waals surface area contributed by atoms with Gasteiger partial charge in [-0.15, -0.1) is 0 Å². The maximum Gasteiger partial charge on any atom is 0.152 e. The molecule has 0 spiro atoms. The van der Waals surface area contributed by atoms with E-state index in [9.17, 15) is 10.2 Å². The average molecular weight is 413 g/mol. The smallest absolute Gasteiger partial charge is 0.152 e. The largest absolute Gasteiger partial charge is 0.388 e. The number of ether oxygens (including phenoxy) is 1. The zero-order valence-electron chi connectivity index (χ0n) is 17.8.